The number of nitrogens with one attached hydrogen (secondary N) is 1. The highest BCUT2D eigenvalue weighted by atomic mass is 16.5. The summed E-state index contributed by atoms with van der Waals surface area (Å²) in [6, 6.07) is 7.40. The van der Waals surface area contributed by atoms with Crippen LogP contribution in [0.2, 0.25) is 0 Å². The predicted octanol–water partition coefficient (Wildman–Crippen LogP) is 3.35. The van der Waals surface area contributed by atoms with E-state index in [0.717, 1.165) is 11.3 Å². The first kappa shape index (κ1) is 17.5. The Morgan fingerprint density at radius 3 is 2.54 bits per heavy atom. The fourth-order valence-corrected chi connectivity index (χ4v) is 2.05. The summed E-state index contributed by atoms with van der Waals surface area (Å²) < 4.78 is 15.6. The quantitative estimate of drug-likeness (QED) is 0.455. The van der Waals surface area contributed by atoms with Gasteiger partial charge in [0.2, 0.25) is 0 Å². The standard InChI is InChI=1S/C17H21N3O4/c1-4-22-11-18-15-14(19-20-16(15)17(21)24-6-3)12-7-9-13(10-8-12)23-5-2/h7-11H,4-6H2,1-3H3,(H,19,20). The lowest BCUT2D eigenvalue weighted by Crippen LogP contribution is -2.05. The summed E-state index contributed by atoms with van der Waals surface area (Å²) in [6.07, 6.45) is 1.30. The van der Waals surface area contributed by atoms with E-state index in [1.807, 2.05) is 38.1 Å². The first-order chi connectivity index (χ1) is 11.7. The number of carbonyl (C=O) groups excluding carboxylic acids is 1. The highest BCUT2D eigenvalue weighted by molar-refractivity contribution is 5.97. The van der Waals surface area contributed by atoms with Gasteiger partial charge in [-0.1, -0.05) is 0 Å². The zero-order valence-corrected chi connectivity index (χ0v) is 14.0. The topological polar surface area (TPSA) is 85.8 Å². The molecular formula is C17H21N3O4. The maximum Gasteiger partial charge on any atom is 0.358 e. The van der Waals surface area contributed by atoms with Gasteiger partial charge in [-0.2, -0.15) is 5.10 Å². The predicted molar refractivity (Wildman–Crippen MR) is 90.9 cm³/mol. The maximum absolute atomic E-state index is 12.1. The molecule has 0 atom stereocenters. The summed E-state index contributed by atoms with van der Waals surface area (Å²) in [5, 5.41) is 6.91. The van der Waals surface area contributed by atoms with Crippen molar-refractivity contribution >= 4 is 18.1 Å². The number of esters is 1. The van der Waals surface area contributed by atoms with E-state index in [0.29, 0.717) is 24.6 Å². The molecule has 2 aromatic rings. The molecule has 0 fully saturated rings. The van der Waals surface area contributed by atoms with Crippen LogP contribution in [0.5, 0.6) is 5.75 Å². The molecular weight excluding hydrogens is 310 g/mol. The molecule has 0 aliphatic carbocycles. The number of aromatic amines is 1. The van der Waals surface area contributed by atoms with Crippen LogP contribution in [-0.4, -0.2) is 42.4 Å². The number of hydrogen-bond acceptors (Lipinski definition) is 6. The smallest absolute Gasteiger partial charge is 0.358 e. The van der Waals surface area contributed by atoms with E-state index < -0.39 is 5.97 Å². The third-order valence-corrected chi connectivity index (χ3v) is 3.08. The minimum Gasteiger partial charge on any atom is -0.494 e. The van der Waals surface area contributed by atoms with E-state index in [9.17, 15) is 4.79 Å². The molecule has 0 saturated heterocycles. The van der Waals surface area contributed by atoms with Gasteiger partial charge in [0.05, 0.1) is 19.8 Å². The van der Waals surface area contributed by atoms with Crippen LogP contribution in [-0.2, 0) is 9.47 Å². The summed E-state index contributed by atoms with van der Waals surface area (Å²) in [6.45, 7) is 6.86. The highest BCUT2D eigenvalue weighted by Crippen LogP contribution is 2.32. The van der Waals surface area contributed by atoms with E-state index in [-0.39, 0.29) is 12.3 Å². The number of rotatable bonds is 8. The molecule has 0 radical (unpaired) electrons. The van der Waals surface area contributed by atoms with Gasteiger partial charge in [0.1, 0.15) is 17.1 Å². The lowest BCUT2D eigenvalue weighted by molar-refractivity contribution is 0.0520. The summed E-state index contributed by atoms with van der Waals surface area (Å²) in [5.74, 6) is 0.257. The summed E-state index contributed by atoms with van der Waals surface area (Å²) in [5.41, 5.74) is 1.91. The van der Waals surface area contributed by atoms with Crippen molar-refractivity contribution in [2.24, 2.45) is 4.99 Å². The van der Waals surface area contributed by atoms with Crippen LogP contribution in [0.15, 0.2) is 29.3 Å². The molecule has 0 aliphatic heterocycles. The van der Waals surface area contributed by atoms with Crippen molar-refractivity contribution in [1.29, 1.82) is 0 Å². The Balaban J connectivity index is 2.39. The average Bonchev–Trinajstić information content (AvgIpc) is 3.00. The number of hydrogen-bond donors (Lipinski definition) is 1. The van der Waals surface area contributed by atoms with Gasteiger partial charge < -0.3 is 14.2 Å². The minimum atomic E-state index is -0.508. The van der Waals surface area contributed by atoms with Gasteiger partial charge in [0.15, 0.2) is 12.1 Å². The average molecular weight is 331 g/mol. The molecule has 7 nitrogen and oxygen atoms in total. The van der Waals surface area contributed by atoms with Crippen molar-refractivity contribution in [3.8, 4) is 17.0 Å². The molecule has 128 valence electrons. The number of aromatic nitrogens is 2. The molecule has 2 rings (SSSR count). The maximum atomic E-state index is 12.1. The normalized spacial score (nSPS) is 10.8. The molecule has 0 bridgehead atoms. The highest BCUT2D eigenvalue weighted by Gasteiger charge is 2.21. The number of H-pyrrole nitrogens is 1. The van der Waals surface area contributed by atoms with Gasteiger partial charge in [-0.3, -0.25) is 5.10 Å². The van der Waals surface area contributed by atoms with E-state index in [2.05, 4.69) is 15.2 Å². The Hall–Kier alpha value is -2.83. The molecule has 0 unspecified atom stereocenters. The second-order valence-corrected chi connectivity index (χ2v) is 4.66. The van der Waals surface area contributed by atoms with Gasteiger partial charge in [-0.25, -0.2) is 9.79 Å². The van der Waals surface area contributed by atoms with Gasteiger partial charge in [0, 0.05) is 5.56 Å². The second kappa shape index (κ2) is 8.71. The van der Waals surface area contributed by atoms with Gasteiger partial charge in [-0.05, 0) is 45.0 Å². The van der Waals surface area contributed by atoms with E-state index in [1.165, 1.54) is 6.40 Å². The summed E-state index contributed by atoms with van der Waals surface area (Å²) in [7, 11) is 0. The lowest BCUT2D eigenvalue weighted by atomic mass is 10.1. The molecule has 0 saturated carbocycles. The van der Waals surface area contributed by atoms with E-state index >= 15 is 0 Å². The van der Waals surface area contributed by atoms with Crippen LogP contribution in [0.25, 0.3) is 11.3 Å². The van der Waals surface area contributed by atoms with Crippen molar-refractivity contribution in [3.05, 3.63) is 30.0 Å². The zero-order chi connectivity index (χ0) is 17.4. The minimum absolute atomic E-state index is 0.191. The first-order valence-electron chi connectivity index (χ1n) is 7.84. The SMILES string of the molecule is CCOC=Nc1c(-c2ccc(OCC)cc2)n[nH]c1C(=O)OCC. The molecule has 0 amide bonds. The Morgan fingerprint density at radius 1 is 1.17 bits per heavy atom. The van der Waals surface area contributed by atoms with Crippen molar-refractivity contribution in [3.63, 3.8) is 0 Å². The molecule has 1 heterocycles. The van der Waals surface area contributed by atoms with Crippen LogP contribution in [0.3, 0.4) is 0 Å². The Labute approximate surface area is 140 Å². The first-order valence-corrected chi connectivity index (χ1v) is 7.84. The zero-order valence-electron chi connectivity index (χ0n) is 14.0. The Morgan fingerprint density at radius 2 is 1.92 bits per heavy atom. The number of ether oxygens (including phenoxy) is 3. The lowest BCUT2D eigenvalue weighted by Gasteiger charge is -2.04. The molecule has 24 heavy (non-hydrogen) atoms. The largest absolute Gasteiger partial charge is 0.494 e. The van der Waals surface area contributed by atoms with Crippen molar-refractivity contribution in [1.82, 2.24) is 10.2 Å². The molecule has 7 heteroatoms. The van der Waals surface area contributed by atoms with Crippen LogP contribution in [0, 0.1) is 0 Å². The summed E-state index contributed by atoms with van der Waals surface area (Å²) >= 11 is 0. The molecule has 1 N–H and O–H groups in total. The number of benzene rings is 1. The number of carbonyl (C=O) groups is 1. The van der Waals surface area contributed by atoms with Crippen LogP contribution < -0.4 is 4.74 Å². The van der Waals surface area contributed by atoms with Crippen molar-refractivity contribution < 1.29 is 19.0 Å². The second-order valence-electron chi connectivity index (χ2n) is 4.66. The monoisotopic (exact) mass is 331 g/mol. The third kappa shape index (κ3) is 4.13. The van der Waals surface area contributed by atoms with Crippen molar-refractivity contribution in [2.75, 3.05) is 19.8 Å². The number of nitrogens with zero attached hydrogens (tertiary/aromatic N) is 2. The van der Waals surface area contributed by atoms with Gasteiger partial charge in [0.25, 0.3) is 0 Å². The third-order valence-electron chi connectivity index (χ3n) is 3.08. The Kier molecular flexibility index (Phi) is 6.36. The van der Waals surface area contributed by atoms with Crippen molar-refractivity contribution in [2.45, 2.75) is 20.8 Å². The van der Waals surface area contributed by atoms with Gasteiger partial charge >= 0.3 is 5.97 Å². The summed E-state index contributed by atoms with van der Waals surface area (Å²) in [4.78, 5) is 16.3. The van der Waals surface area contributed by atoms with Crippen LogP contribution in [0.4, 0.5) is 5.69 Å². The fourth-order valence-electron chi connectivity index (χ4n) is 2.05. The van der Waals surface area contributed by atoms with Crippen LogP contribution in [0.1, 0.15) is 31.3 Å². The molecule has 1 aromatic carbocycles. The Bertz CT molecular complexity index is 692. The fraction of sp³-hybridized carbons (Fsp3) is 0.353. The molecule has 1 aromatic heterocycles. The number of aliphatic imine (C=N–C) groups is 1. The van der Waals surface area contributed by atoms with Crippen LogP contribution >= 0.6 is 0 Å². The van der Waals surface area contributed by atoms with E-state index in [1.54, 1.807) is 6.92 Å². The van der Waals surface area contributed by atoms with E-state index in [4.69, 9.17) is 14.2 Å². The molecule has 0 spiro atoms. The van der Waals surface area contributed by atoms with Gasteiger partial charge in [-0.15, -0.1) is 0 Å². The molecule has 0 aliphatic rings.